The van der Waals surface area contributed by atoms with E-state index in [1.54, 1.807) is 4.90 Å². The zero-order chi connectivity index (χ0) is 14.1. The maximum Gasteiger partial charge on any atom is 0.236 e. The molecule has 0 bridgehead atoms. The van der Waals surface area contributed by atoms with Crippen LogP contribution in [0, 0.1) is 22.7 Å². The fourth-order valence-electron chi connectivity index (χ4n) is 2.20. The molecule has 1 amide bonds. The molecule has 1 fully saturated rings. The van der Waals surface area contributed by atoms with Crippen molar-refractivity contribution in [3.63, 3.8) is 0 Å². The molecule has 1 heterocycles. The summed E-state index contributed by atoms with van der Waals surface area (Å²) in [6.07, 6.45) is 1.88. The molecule has 1 saturated heterocycles. The van der Waals surface area contributed by atoms with E-state index in [0.29, 0.717) is 19.6 Å². The minimum atomic E-state index is -0.354. The van der Waals surface area contributed by atoms with E-state index >= 15 is 0 Å². The Hall–Kier alpha value is -1.63. The number of rotatable bonds is 6. The lowest BCUT2D eigenvalue weighted by molar-refractivity contribution is -0.133. The van der Waals surface area contributed by atoms with Crippen LogP contribution in [0.3, 0.4) is 0 Å². The Labute approximate surface area is 113 Å². The van der Waals surface area contributed by atoms with E-state index in [0.717, 1.165) is 19.4 Å². The highest BCUT2D eigenvalue weighted by Gasteiger charge is 2.22. The molecular weight excluding hydrogens is 244 g/mol. The first-order chi connectivity index (χ1) is 9.17. The summed E-state index contributed by atoms with van der Waals surface area (Å²) in [6, 6.07) is 4.02. The Balaban J connectivity index is 2.46. The molecule has 0 aromatic heterocycles. The highest BCUT2D eigenvalue weighted by molar-refractivity contribution is 5.78. The number of nitrogens with zero attached hydrogens (tertiary/aromatic N) is 4. The van der Waals surface area contributed by atoms with E-state index in [-0.39, 0.29) is 31.4 Å². The monoisotopic (exact) mass is 264 g/mol. The first-order valence-electron chi connectivity index (χ1n) is 6.59. The fourth-order valence-corrected chi connectivity index (χ4v) is 2.20. The number of hydrogen-bond donors (Lipinski definition) is 1. The number of piperidine rings is 1. The molecule has 19 heavy (non-hydrogen) atoms. The molecule has 1 unspecified atom stereocenters. The van der Waals surface area contributed by atoms with E-state index in [1.807, 2.05) is 17.0 Å². The Morgan fingerprint density at radius 2 is 1.95 bits per heavy atom. The maximum atomic E-state index is 12.1. The highest BCUT2D eigenvalue weighted by Crippen LogP contribution is 2.10. The van der Waals surface area contributed by atoms with Crippen LogP contribution in [0.5, 0.6) is 0 Å². The summed E-state index contributed by atoms with van der Waals surface area (Å²) < 4.78 is 0. The molecule has 6 heteroatoms. The van der Waals surface area contributed by atoms with E-state index in [2.05, 4.69) is 0 Å². The fraction of sp³-hybridized carbons (Fsp3) is 0.769. The molecule has 1 aliphatic heterocycles. The van der Waals surface area contributed by atoms with Gasteiger partial charge in [0.2, 0.25) is 5.91 Å². The second kappa shape index (κ2) is 8.47. The Kier molecular flexibility index (Phi) is 6.88. The van der Waals surface area contributed by atoms with Crippen LogP contribution < -0.4 is 0 Å². The molecule has 1 rings (SSSR count). The molecular formula is C13H20N4O2. The third-order valence-electron chi connectivity index (χ3n) is 3.18. The van der Waals surface area contributed by atoms with E-state index in [9.17, 15) is 9.90 Å². The average molecular weight is 264 g/mol. The van der Waals surface area contributed by atoms with Gasteiger partial charge in [-0.2, -0.15) is 10.5 Å². The van der Waals surface area contributed by atoms with Gasteiger partial charge in [-0.1, -0.05) is 0 Å². The topological polar surface area (TPSA) is 91.4 Å². The molecule has 0 aromatic rings. The van der Waals surface area contributed by atoms with Gasteiger partial charge in [-0.25, -0.2) is 0 Å². The third-order valence-corrected chi connectivity index (χ3v) is 3.18. The van der Waals surface area contributed by atoms with Crippen molar-refractivity contribution in [2.24, 2.45) is 0 Å². The summed E-state index contributed by atoms with van der Waals surface area (Å²) >= 11 is 0. The summed E-state index contributed by atoms with van der Waals surface area (Å²) in [6.45, 7) is 2.33. The second-order valence-electron chi connectivity index (χ2n) is 4.73. The van der Waals surface area contributed by atoms with Crippen LogP contribution in [0.4, 0.5) is 0 Å². The maximum absolute atomic E-state index is 12.1. The largest absolute Gasteiger partial charge is 0.392 e. The number of β-amino-alcohol motifs (C(OH)–C–C–N with tert-alkyl or cyclic N) is 1. The molecule has 0 saturated carbocycles. The number of carbonyl (C=O) groups excluding carboxylic acids is 1. The normalized spacial score (nSPS) is 19.4. The Morgan fingerprint density at radius 3 is 2.47 bits per heavy atom. The van der Waals surface area contributed by atoms with Crippen LogP contribution in [0.15, 0.2) is 0 Å². The number of likely N-dealkylation sites (tertiary alicyclic amines) is 1. The van der Waals surface area contributed by atoms with Gasteiger partial charge in [0.1, 0.15) is 0 Å². The van der Waals surface area contributed by atoms with Gasteiger partial charge in [0.15, 0.2) is 0 Å². The molecule has 0 aliphatic carbocycles. The molecule has 1 atom stereocenters. The molecule has 6 nitrogen and oxygen atoms in total. The van der Waals surface area contributed by atoms with Gasteiger partial charge >= 0.3 is 0 Å². The number of nitriles is 2. The van der Waals surface area contributed by atoms with Crippen LogP contribution in [-0.2, 0) is 4.79 Å². The standard InChI is InChI=1S/C13H20N4O2/c14-5-2-8-17(9-3-6-15)13(19)11-16-7-1-4-12(18)10-16/h12,18H,1-4,7-11H2. The molecule has 0 spiro atoms. The number of aliphatic hydroxyl groups is 1. The predicted octanol–water partition coefficient (Wildman–Crippen LogP) is 0.0991. The minimum absolute atomic E-state index is 0.0698. The van der Waals surface area contributed by atoms with Gasteiger partial charge in [0, 0.05) is 19.6 Å². The van der Waals surface area contributed by atoms with Crippen molar-refractivity contribution >= 4 is 5.91 Å². The van der Waals surface area contributed by atoms with Crippen LogP contribution in [-0.4, -0.2) is 59.6 Å². The van der Waals surface area contributed by atoms with Gasteiger partial charge in [-0.05, 0) is 19.4 Å². The number of carbonyl (C=O) groups is 1. The van der Waals surface area contributed by atoms with E-state index in [4.69, 9.17) is 10.5 Å². The van der Waals surface area contributed by atoms with Gasteiger partial charge in [-0.3, -0.25) is 9.69 Å². The van der Waals surface area contributed by atoms with Gasteiger partial charge in [0.05, 0.1) is 37.6 Å². The average Bonchev–Trinajstić information content (AvgIpc) is 2.38. The van der Waals surface area contributed by atoms with Gasteiger partial charge in [0.25, 0.3) is 0 Å². The smallest absolute Gasteiger partial charge is 0.236 e. The number of amides is 1. The zero-order valence-corrected chi connectivity index (χ0v) is 11.1. The van der Waals surface area contributed by atoms with Crippen molar-refractivity contribution < 1.29 is 9.90 Å². The molecule has 0 radical (unpaired) electrons. The summed E-state index contributed by atoms with van der Waals surface area (Å²) in [4.78, 5) is 15.6. The van der Waals surface area contributed by atoms with Crippen molar-refractivity contribution in [3.8, 4) is 12.1 Å². The van der Waals surface area contributed by atoms with Crippen LogP contribution in [0.2, 0.25) is 0 Å². The summed E-state index contributed by atoms with van der Waals surface area (Å²) in [5.41, 5.74) is 0. The van der Waals surface area contributed by atoms with Crippen LogP contribution >= 0.6 is 0 Å². The minimum Gasteiger partial charge on any atom is -0.392 e. The molecule has 1 N–H and O–H groups in total. The van der Waals surface area contributed by atoms with Gasteiger partial charge < -0.3 is 10.0 Å². The van der Waals surface area contributed by atoms with Crippen LogP contribution in [0.25, 0.3) is 0 Å². The predicted molar refractivity (Wildman–Crippen MR) is 68.7 cm³/mol. The van der Waals surface area contributed by atoms with Crippen molar-refractivity contribution in [2.45, 2.75) is 31.8 Å². The van der Waals surface area contributed by atoms with Crippen molar-refractivity contribution in [2.75, 3.05) is 32.7 Å². The van der Waals surface area contributed by atoms with Crippen molar-refractivity contribution in [1.29, 1.82) is 10.5 Å². The van der Waals surface area contributed by atoms with E-state index < -0.39 is 0 Å². The quantitative estimate of drug-likeness (QED) is 0.734. The Morgan fingerprint density at radius 1 is 1.32 bits per heavy atom. The Bertz CT molecular complexity index is 354. The van der Waals surface area contributed by atoms with Gasteiger partial charge in [-0.15, -0.1) is 0 Å². The first kappa shape index (κ1) is 15.4. The lowest BCUT2D eigenvalue weighted by Gasteiger charge is -2.31. The van der Waals surface area contributed by atoms with Crippen LogP contribution in [0.1, 0.15) is 25.7 Å². The van der Waals surface area contributed by atoms with Crippen molar-refractivity contribution in [3.05, 3.63) is 0 Å². The summed E-state index contributed by atoms with van der Waals surface area (Å²) in [5, 5.41) is 26.7. The molecule has 104 valence electrons. The number of hydrogen-bond acceptors (Lipinski definition) is 5. The molecule has 1 aliphatic rings. The summed E-state index contributed by atoms with van der Waals surface area (Å²) in [5.74, 6) is -0.0698. The lowest BCUT2D eigenvalue weighted by atomic mass is 10.1. The first-order valence-corrected chi connectivity index (χ1v) is 6.59. The lowest BCUT2D eigenvalue weighted by Crippen LogP contribution is -2.46. The number of aliphatic hydroxyl groups excluding tert-OH is 1. The zero-order valence-electron chi connectivity index (χ0n) is 11.1. The highest BCUT2D eigenvalue weighted by atomic mass is 16.3. The van der Waals surface area contributed by atoms with Crippen molar-refractivity contribution in [1.82, 2.24) is 9.80 Å². The molecule has 0 aromatic carbocycles. The second-order valence-corrected chi connectivity index (χ2v) is 4.73. The summed E-state index contributed by atoms with van der Waals surface area (Å²) in [7, 11) is 0. The SMILES string of the molecule is N#CCCN(CCC#N)C(=O)CN1CCCC(O)C1. The van der Waals surface area contributed by atoms with E-state index in [1.165, 1.54) is 0 Å². The third kappa shape index (κ3) is 5.69.